The first kappa shape index (κ1) is 13.4. The van der Waals surface area contributed by atoms with Gasteiger partial charge in [0.05, 0.1) is 11.9 Å². The first-order chi connectivity index (χ1) is 8.06. The van der Waals surface area contributed by atoms with Crippen LogP contribution in [0, 0.1) is 6.92 Å². The fourth-order valence-corrected chi connectivity index (χ4v) is 1.64. The Morgan fingerprint density at radius 3 is 2.76 bits per heavy atom. The lowest BCUT2D eigenvalue weighted by Gasteiger charge is -2.11. The first-order valence-electron chi connectivity index (χ1n) is 5.56. The molecule has 1 aromatic heterocycles. The van der Waals surface area contributed by atoms with Gasteiger partial charge in [0, 0.05) is 11.8 Å². The summed E-state index contributed by atoms with van der Waals surface area (Å²) < 4.78 is 0. The summed E-state index contributed by atoms with van der Waals surface area (Å²) in [6.45, 7) is 2.68. The van der Waals surface area contributed by atoms with Crippen molar-refractivity contribution in [2.75, 3.05) is 20.6 Å². The highest BCUT2D eigenvalue weighted by Crippen LogP contribution is 2.22. The smallest absolute Gasteiger partial charge is 0.145 e. The average molecular weight is 237 g/mol. The number of aromatic nitrogens is 1. The highest BCUT2D eigenvalue weighted by molar-refractivity contribution is 5.85. The van der Waals surface area contributed by atoms with E-state index < -0.39 is 0 Å². The molecule has 0 saturated carbocycles. The number of hydrogen-bond acceptors (Lipinski definition) is 5. The van der Waals surface area contributed by atoms with Crippen molar-refractivity contribution in [1.29, 1.82) is 0 Å². The summed E-state index contributed by atoms with van der Waals surface area (Å²) >= 11 is 0. The molecule has 0 bridgehead atoms. The van der Waals surface area contributed by atoms with Gasteiger partial charge in [0.2, 0.25) is 0 Å². The molecule has 1 aromatic rings. The quantitative estimate of drug-likeness (QED) is 0.461. The van der Waals surface area contributed by atoms with Gasteiger partial charge in [0.15, 0.2) is 0 Å². The van der Waals surface area contributed by atoms with Crippen LogP contribution in [0.4, 0.5) is 0 Å². The van der Waals surface area contributed by atoms with E-state index in [9.17, 15) is 5.11 Å². The molecule has 0 amide bonds. The van der Waals surface area contributed by atoms with Crippen molar-refractivity contribution in [1.82, 2.24) is 9.88 Å². The van der Waals surface area contributed by atoms with Gasteiger partial charge in [-0.1, -0.05) is 5.16 Å². The lowest BCUT2D eigenvalue weighted by molar-refractivity contribution is 0.321. The van der Waals surface area contributed by atoms with E-state index in [4.69, 9.17) is 5.21 Å². The molecular formula is C12H19N3O2. The summed E-state index contributed by atoms with van der Waals surface area (Å²) in [4.78, 5) is 6.21. The number of aryl methyl sites for hydroxylation is 2. The third kappa shape index (κ3) is 3.71. The molecule has 2 N–H and O–H groups in total. The minimum atomic E-state index is 0.0881. The summed E-state index contributed by atoms with van der Waals surface area (Å²) in [5, 5.41) is 21.4. The van der Waals surface area contributed by atoms with Crippen molar-refractivity contribution in [2.45, 2.75) is 19.8 Å². The van der Waals surface area contributed by atoms with E-state index in [-0.39, 0.29) is 5.75 Å². The molecule has 1 heterocycles. The topological polar surface area (TPSA) is 69.0 Å². The van der Waals surface area contributed by atoms with Gasteiger partial charge >= 0.3 is 0 Å². The number of oxime groups is 1. The largest absolute Gasteiger partial charge is 0.505 e. The Morgan fingerprint density at radius 2 is 2.18 bits per heavy atom. The molecule has 0 unspecified atom stereocenters. The molecule has 0 aliphatic rings. The Bertz CT molecular complexity index is 403. The number of rotatable bonds is 5. The molecule has 1 rings (SSSR count). The van der Waals surface area contributed by atoms with E-state index in [0.29, 0.717) is 11.3 Å². The lowest BCUT2D eigenvalue weighted by atomic mass is 10.0. The van der Waals surface area contributed by atoms with Crippen LogP contribution in [0.25, 0.3) is 0 Å². The van der Waals surface area contributed by atoms with Crippen molar-refractivity contribution >= 4 is 6.21 Å². The Morgan fingerprint density at radius 1 is 1.47 bits per heavy atom. The molecule has 94 valence electrons. The lowest BCUT2D eigenvalue weighted by Crippen LogP contribution is -2.14. The van der Waals surface area contributed by atoms with Crippen LogP contribution >= 0.6 is 0 Å². The zero-order chi connectivity index (χ0) is 12.8. The van der Waals surface area contributed by atoms with Gasteiger partial charge < -0.3 is 15.2 Å². The van der Waals surface area contributed by atoms with Crippen LogP contribution in [-0.4, -0.2) is 47.1 Å². The Balaban J connectivity index is 2.87. The van der Waals surface area contributed by atoms with Crippen LogP contribution in [0.3, 0.4) is 0 Å². The van der Waals surface area contributed by atoms with Crippen LogP contribution in [0.2, 0.25) is 0 Å². The molecule has 0 aromatic carbocycles. The highest BCUT2D eigenvalue weighted by atomic mass is 16.4. The van der Waals surface area contributed by atoms with Gasteiger partial charge in [-0.15, -0.1) is 0 Å². The monoisotopic (exact) mass is 237 g/mol. The fraction of sp³-hybridized carbons (Fsp3) is 0.500. The Hall–Kier alpha value is -1.62. The molecule has 0 aliphatic heterocycles. The molecule has 0 saturated heterocycles. The minimum Gasteiger partial charge on any atom is -0.505 e. The number of hydrogen-bond donors (Lipinski definition) is 2. The molecule has 0 spiro atoms. The van der Waals surface area contributed by atoms with E-state index >= 15 is 0 Å². The second kappa shape index (κ2) is 6.20. The predicted octanol–water partition coefficient (Wildman–Crippen LogP) is 1.40. The van der Waals surface area contributed by atoms with Crippen LogP contribution < -0.4 is 0 Å². The first-order valence-corrected chi connectivity index (χ1v) is 5.56. The van der Waals surface area contributed by atoms with Crippen molar-refractivity contribution in [3.05, 3.63) is 23.0 Å². The maximum atomic E-state index is 9.84. The van der Waals surface area contributed by atoms with Crippen molar-refractivity contribution in [2.24, 2.45) is 5.16 Å². The summed E-state index contributed by atoms with van der Waals surface area (Å²) in [6.07, 6.45) is 4.74. The normalized spacial score (nSPS) is 11.5. The van der Waals surface area contributed by atoms with Crippen molar-refractivity contribution in [3.8, 4) is 5.75 Å². The van der Waals surface area contributed by atoms with Crippen LogP contribution in [0.1, 0.15) is 23.2 Å². The van der Waals surface area contributed by atoms with Gasteiger partial charge in [-0.3, -0.25) is 4.98 Å². The van der Waals surface area contributed by atoms with E-state index in [1.54, 1.807) is 13.1 Å². The van der Waals surface area contributed by atoms with Gasteiger partial charge in [0.25, 0.3) is 0 Å². The predicted molar refractivity (Wildman–Crippen MR) is 66.9 cm³/mol. The number of aromatic hydroxyl groups is 1. The Kier molecular flexibility index (Phi) is 4.90. The van der Waals surface area contributed by atoms with Gasteiger partial charge in [0.1, 0.15) is 5.75 Å². The second-order valence-electron chi connectivity index (χ2n) is 4.28. The van der Waals surface area contributed by atoms with E-state index in [1.807, 2.05) is 14.1 Å². The van der Waals surface area contributed by atoms with Crippen LogP contribution in [0.15, 0.2) is 11.4 Å². The highest BCUT2D eigenvalue weighted by Gasteiger charge is 2.10. The maximum absolute atomic E-state index is 9.84. The van der Waals surface area contributed by atoms with E-state index in [2.05, 4.69) is 15.0 Å². The van der Waals surface area contributed by atoms with E-state index in [0.717, 1.165) is 24.9 Å². The summed E-state index contributed by atoms with van der Waals surface area (Å²) in [5.74, 6) is 0.0881. The second-order valence-corrected chi connectivity index (χ2v) is 4.28. The summed E-state index contributed by atoms with van der Waals surface area (Å²) in [6, 6.07) is 0. The SMILES string of the molecule is Cc1ncc(CCCN(C)C)c(/C=N/O)c1O. The van der Waals surface area contributed by atoms with Gasteiger partial charge in [-0.25, -0.2) is 0 Å². The molecule has 0 aliphatic carbocycles. The van der Waals surface area contributed by atoms with Crippen LogP contribution in [0.5, 0.6) is 5.75 Å². The van der Waals surface area contributed by atoms with E-state index in [1.165, 1.54) is 6.21 Å². The summed E-state index contributed by atoms with van der Waals surface area (Å²) in [5.41, 5.74) is 1.99. The molecule has 5 nitrogen and oxygen atoms in total. The van der Waals surface area contributed by atoms with Crippen molar-refractivity contribution in [3.63, 3.8) is 0 Å². The maximum Gasteiger partial charge on any atom is 0.145 e. The summed E-state index contributed by atoms with van der Waals surface area (Å²) in [7, 11) is 4.03. The van der Waals surface area contributed by atoms with Crippen molar-refractivity contribution < 1.29 is 10.3 Å². The molecular weight excluding hydrogens is 218 g/mol. The number of nitrogens with zero attached hydrogens (tertiary/aromatic N) is 3. The zero-order valence-corrected chi connectivity index (χ0v) is 10.5. The average Bonchev–Trinajstić information content (AvgIpc) is 2.27. The molecule has 17 heavy (non-hydrogen) atoms. The fourth-order valence-electron chi connectivity index (χ4n) is 1.64. The Labute approximate surface area is 101 Å². The van der Waals surface area contributed by atoms with Gasteiger partial charge in [-0.05, 0) is 46.0 Å². The third-order valence-corrected chi connectivity index (χ3v) is 2.60. The standard InChI is InChI=1S/C12H19N3O2/c1-9-12(16)11(8-14-17)10(7-13-9)5-4-6-15(2)3/h7-8,16-17H,4-6H2,1-3H3/b14-8+. The van der Waals surface area contributed by atoms with Crippen LogP contribution in [-0.2, 0) is 6.42 Å². The minimum absolute atomic E-state index is 0.0881. The number of pyridine rings is 1. The molecule has 5 heteroatoms. The molecule has 0 radical (unpaired) electrons. The molecule has 0 atom stereocenters. The van der Waals surface area contributed by atoms with Gasteiger partial charge in [-0.2, -0.15) is 0 Å². The zero-order valence-electron chi connectivity index (χ0n) is 10.5. The third-order valence-electron chi connectivity index (χ3n) is 2.60. The molecule has 0 fully saturated rings.